The lowest BCUT2D eigenvalue weighted by Crippen LogP contribution is -2.34. The first-order chi connectivity index (χ1) is 9.65. The number of carbonyl (C=O) groups is 1. The smallest absolute Gasteiger partial charge is 0.254 e. The molecule has 1 heterocycles. The minimum Gasteiger partial charge on any atom is -0.384 e. The molecule has 20 heavy (non-hydrogen) atoms. The summed E-state index contributed by atoms with van der Waals surface area (Å²) in [6, 6.07) is 1.81. The van der Waals surface area contributed by atoms with Gasteiger partial charge in [0.2, 0.25) is 0 Å². The van der Waals surface area contributed by atoms with Crippen molar-refractivity contribution in [1.29, 1.82) is 0 Å². The van der Waals surface area contributed by atoms with Gasteiger partial charge >= 0.3 is 0 Å². The zero-order valence-corrected chi connectivity index (χ0v) is 13.3. The van der Waals surface area contributed by atoms with Crippen LogP contribution < -0.4 is 0 Å². The van der Waals surface area contributed by atoms with Gasteiger partial charge in [0.15, 0.2) is 0 Å². The van der Waals surface area contributed by atoms with Crippen molar-refractivity contribution in [2.45, 2.75) is 33.6 Å². The summed E-state index contributed by atoms with van der Waals surface area (Å²) in [4.78, 5) is 15.2. The fourth-order valence-corrected chi connectivity index (χ4v) is 2.79. The Morgan fingerprint density at radius 3 is 2.65 bits per heavy atom. The van der Waals surface area contributed by atoms with E-state index in [1.54, 1.807) is 0 Å². The molecule has 0 aromatic carbocycles. The summed E-state index contributed by atoms with van der Waals surface area (Å²) < 4.78 is 0. The highest BCUT2D eigenvalue weighted by Gasteiger charge is 2.18. The minimum absolute atomic E-state index is 0.0766. The van der Waals surface area contributed by atoms with Crippen LogP contribution >= 0.6 is 11.3 Å². The second-order valence-electron chi connectivity index (χ2n) is 4.69. The third-order valence-corrected chi connectivity index (χ3v) is 4.28. The summed E-state index contributed by atoms with van der Waals surface area (Å²) in [5, 5.41) is 10.5. The van der Waals surface area contributed by atoms with Crippen LogP contribution in [0.25, 0.3) is 0 Å². The van der Waals surface area contributed by atoms with Gasteiger partial charge in [-0.25, -0.2) is 0 Å². The van der Waals surface area contributed by atoms with Crippen molar-refractivity contribution in [2.75, 3.05) is 19.7 Å². The Morgan fingerprint density at radius 2 is 2.10 bits per heavy atom. The maximum Gasteiger partial charge on any atom is 0.254 e. The van der Waals surface area contributed by atoms with Crippen LogP contribution in [0.4, 0.5) is 0 Å². The molecule has 0 aliphatic carbocycles. The van der Waals surface area contributed by atoms with Crippen molar-refractivity contribution < 1.29 is 9.90 Å². The molecule has 0 bridgehead atoms. The Labute approximate surface area is 125 Å². The molecule has 0 unspecified atom stereocenters. The van der Waals surface area contributed by atoms with E-state index in [2.05, 4.69) is 25.7 Å². The summed E-state index contributed by atoms with van der Waals surface area (Å²) in [5.41, 5.74) is 0.699. The number of hydrogen-bond acceptors (Lipinski definition) is 3. The SMILES string of the molecule is CCC(CC)CN(CC)C(=O)c1csc(C#CCO)c1. The molecule has 3 nitrogen and oxygen atoms in total. The molecule has 0 aliphatic rings. The van der Waals surface area contributed by atoms with Gasteiger partial charge in [0, 0.05) is 18.5 Å². The molecule has 1 N–H and O–H groups in total. The van der Waals surface area contributed by atoms with E-state index in [9.17, 15) is 4.79 Å². The number of amides is 1. The van der Waals surface area contributed by atoms with E-state index in [1.165, 1.54) is 11.3 Å². The zero-order valence-electron chi connectivity index (χ0n) is 12.5. The van der Waals surface area contributed by atoms with E-state index in [1.807, 2.05) is 23.3 Å². The van der Waals surface area contributed by atoms with Crippen LogP contribution in [0.2, 0.25) is 0 Å². The van der Waals surface area contributed by atoms with E-state index in [0.29, 0.717) is 11.5 Å². The average Bonchev–Trinajstić information content (AvgIpc) is 2.94. The van der Waals surface area contributed by atoms with Gasteiger partial charge in [0.05, 0.1) is 10.4 Å². The van der Waals surface area contributed by atoms with Gasteiger partial charge in [0.25, 0.3) is 5.91 Å². The third-order valence-electron chi connectivity index (χ3n) is 3.44. The molecule has 110 valence electrons. The van der Waals surface area contributed by atoms with Crippen LogP contribution in [-0.4, -0.2) is 35.6 Å². The van der Waals surface area contributed by atoms with E-state index < -0.39 is 0 Å². The topological polar surface area (TPSA) is 40.5 Å². The lowest BCUT2D eigenvalue weighted by Gasteiger charge is -2.25. The lowest BCUT2D eigenvalue weighted by molar-refractivity contribution is 0.0735. The molecule has 0 saturated heterocycles. The van der Waals surface area contributed by atoms with E-state index in [0.717, 1.165) is 30.8 Å². The van der Waals surface area contributed by atoms with Gasteiger partial charge in [0.1, 0.15) is 6.61 Å². The van der Waals surface area contributed by atoms with Crippen LogP contribution in [0.3, 0.4) is 0 Å². The van der Waals surface area contributed by atoms with Crippen molar-refractivity contribution in [3.63, 3.8) is 0 Å². The van der Waals surface area contributed by atoms with Crippen LogP contribution in [0.1, 0.15) is 48.8 Å². The summed E-state index contributed by atoms with van der Waals surface area (Å²) in [7, 11) is 0. The van der Waals surface area contributed by atoms with Crippen LogP contribution in [0.5, 0.6) is 0 Å². The van der Waals surface area contributed by atoms with E-state index in [-0.39, 0.29) is 12.5 Å². The molecule has 0 spiro atoms. The van der Waals surface area contributed by atoms with Gasteiger partial charge in [-0.1, -0.05) is 38.5 Å². The molecule has 0 aliphatic heterocycles. The number of hydrogen-bond donors (Lipinski definition) is 1. The number of aliphatic hydroxyl groups excluding tert-OH is 1. The number of aliphatic hydroxyl groups is 1. The zero-order chi connectivity index (χ0) is 15.0. The first kappa shape index (κ1) is 16.7. The highest BCUT2D eigenvalue weighted by Crippen LogP contribution is 2.17. The second-order valence-corrected chi connectivity index (χ2v) is 5.60. The second kappa shape index (κ2) is 8.78. The fourth-order valence-electron chi connectivity index (χ4n) is 2.04. The lowest BCUT2D eigenvalue weighted by atomic mass is 10.0. The molecule has 1 amide bonds. The first-order valence-electron chi connectivity index (χ1n) is 7.13. The molecular formula is C16H23NO2S. The Kier molecular flexibility index (Phi) is 7.35. The van der Waals surface area contributed by atoms with Gasteiger partial charge < -0.3 is 10.0 Å². The normalized spacial score (nSPS) is 10.2. The minimum atomic E-state index is -0.156. The van der Waals surface area contributed by atoms with E-state index >= 15 is 0 Å². The molecule has 0 radical (unpaired) electrons. The Morgan fingerprint density at radius 1 is 1.40 bits per heavy atom. The Balaban J connectivity index is 2.77. The van der Waals surface area contributed by atoms with Crippen molar-refractivity contribution in [3.8, 4) is 11.8 Å². The van der Waals surface area contributed by atoms with Gasteiger partial charge in [-0.15, -0.1) is 11.3 Å². The molecular weight excluding hydrogens is 270 g/mol. The molecule has 1 aromatic heterocycles. The summed E-state index contributed by atoms with van der Waals surface area (Å²) in [6.07, 6.45) is 2.19. The van der Waals surface area contributed by atoms with Gasteiger partial charge in [-0.2, -0.15) is 0 Å². The highest BCUT2D eigenvalue weighted by molar-refractivity contribution is 7.10. The molecule has 0 fully saturated rings. The molecule has 1 aromatic rings. The summed E-state index contributed by atoms with van der Waals surface area (Å²) >= 11 is 1.44. The molecule has 0 saturated carbocycles. The van der Waals surface area contributed by atoms with Gasteiger partial charge in [-0.05, 0) is 18.9 Å². The maximum absolute atomic E-state index is 12.5. The van der Waals surface area contributed by atoms with Crippen molar-refractivity contribution in [2.24, 2.45) is 5.92 Å². The van der Waals surface area contributed by atoms with Crippen LogP contribution in [-0.2, 0) is 0 Å². The maximum atomic E-state index is 12.5. The van der Waals surface area contributed by atoms with Gasteiger partial charge in [-0.3, -0.25) is 4.79 Å². The molecule has 0 atom stereocenters. The average molecular weight is 293 g/mol. The monoisotopic (exact) mass is 293 g/mol. The molecule has 1 rings (SSSR count). The largest absolute Gasteiger partial charge is 0.384 e. The fraction of sp³-hybridized carbons (Fsp3) is 0.562. The predicted octanol–water partition coefficient (Wildman–Crippen LogP) is 2.99. The van der Waals surface area contributed by atoms with Crippen molar-refractivity contribution >= 4 is 17.2 Å². The summed E-state index contributed by atoms with van der Waals surface area (Å²) in [5.74, 6) is 6.08. The Bertz CT molecular complexity index is 480. The van der Waals surface area contributed by atoms with E-state index in [4.69, 9.17) is 5.11 Å². The predicted molar refractivity (Wildman–Crippen MR) is 83.9 cm³/mol. The molecule has 4 heteroatoms. The summed E-state index contributed by atoms with van der Waals surface area (Å²) in [6.45, 7) is 7.73. The van der Waals surface area contributed by atoms with Crippen molar-refractivity contribution in [3.05, 3.63) is 21.9 Å². The third kappa shape index (κ3) is 4.66. The highest BCUT2D eigenvalue weighted by atomic mass is 32.1. The Hall–Kier alpha value is -1.31. The number of carbonyl (C=O) groups excluding carboxylic acids is 1. The number of nitrogens with zero attached hydrogens (tertiary/aromatic N) is 1. The van der Waals surface area contributed by atoms with Crippen LogP contribution in [0.15, 0.2) is 11.4 Å². The van der Waals surface area contributed by atoms with Crippen molar-refractivity contribution in [1.82, 2.24) is 4.90 Å². The number of thiophene rings is 1. The van der Waals surface area contributed by atoms with Crippen LogP contribution in [0, 0.1) is 17.8 Å². The number of rotatable bonds is 6. The first-order valence-corrected chi connectivity index (χ1v) is 8.01. The quantitative estimate of drug-likeness (QED) is 0.819. The standard InChI is InChI=1S/C16H23NO2S/c1-4-13(5-2)11-17(6-3)16(19)14-10-15(20-12-14)8-7-9-18/h10,12-13,18H,4-6,9,11H2,1-3H3.